The molecule has 7 nitrogen and oxygen atoms in total. The molecular formula is C15H17NO6. The van der Waals surface area contributed by atoms with Crippen LogP contribution in [-0.2, 0) is 14.3 Å². The van der Waals surface area contributed by atoms with Crippen molar-refractivity contribution in [1.29, 1.82) is 0 Å². The zero-order valence-electron chi connectivity index (χ0n) is 12.6. The molecule has 0 spiro atoms. The number of rotatable bonds is 3. The van der Waals surface area contributed by atoms with Crippen LogP contribution in [0.4, 0.5) is 0 Å². The zero-order chi connectivity index (χ0) is 16.3. The quantitative estimate of drug-likeness (QED) is 0.619. The first-order valence-electron chi connectivity index (χ1n) is 6.78. The minimum atomic E-state index is -0.612. The minimum Gasteiger partial charge on any atom is -0.423 e. The Labute approximate surface area is 127 Å². The number of carbonyl (C=O) groups excluding carboxylic acids is 3. The van der Waals surface area contributed by atoms with Crippen LogP contribution in [0.1, 0.15) is 31.1 Å². The van der Waals surface area contributed by atoms with Crippen molar-refractivity contribution in [1.82, 2.24) is 4.90 Å². The Kier molecular flexibility index (Phi) is 4.77. The molecule has 1 aliphatic heterocycles. The maximum Gasteiger partial charge on any atom is 0.308 e. The Bertz CT molecular complexity index is 612. The predicted molar refractivity (Wildman–Crippen MR) is 75.5 cm³/mol. The molecule has 1 heterocycles. The van der Waals surface area contributed by atoms with Crippen LogP contribution in [0.3, 0.4) is 0 Å². The molecule has 2 rings (SSSR count). The molecule has 1 aliphatic rings. The van der Waals surface area contributed by atoms with Gasteiger partial charge in [0.1, 0.15) is 6.73 Å². The first-order chi connectivity index (χ1) is 10.4. The average molecular weight is 307 g/mol. The first kappa shape index (κ1) is 16.0. The molecule has 0 aromatic heterocycles. The highest BCUT2D eigenvalue weighted by molar-refractivity contribution is 5.99. The van der Waals surface area contributed by atoms with E-state index in [4.69, 9.17) is 14.2 Å². The first-order valence-corrected chi connectivity index (χ1v) is 6.78. The van der Waals surface area contributed by atoms with Gasteiger partial charge >= 0.3 is 11.9 Å². The summed E-state index contributed by atoms with van der Waals surface area (Å²) in [5, 5.41) is 0. The molecule has 22 heavy (non-hydrogen) atoms. The smallest absolute Gasteiger partial charge is 0.308 e. The zero-order valence-corrected chi connectivity index (χ0v) is 12.6. The van der Waals surface area contributed by atoms with E-state index in [-0.39, 0.29) is 35.7 Å². The van der Waals surface area contributed by atoms with Crippen LogP contribution in [0.15, 0.2) is 18.2 Å². The fourth-order valence-electron chi connectivity index (χ4n) is 2.12. The minimum absolute atomic E-state index is 0.0290. The largest absolute Gasteiger partial charge is 0.423 e. The SMILES string of the molecule is CC(=O)Oc1cccc(C(=O)N2COC[C@@H]2C)c1OC(C)=O. The van der Waals surface area contributed by atoms with E-state index < -0.39 is 11.9 Å². The van der Waals surface area contributed by atoms with Crippen molar-refractivity contribution >= 4 is 17.8 Å². The summed E-state index contributed by atoms with van der Waals surface area (Å²) in [6.45, 7) is 4.89. The lowest BCUT2D eigenvalue weighted by molar-refractivity contribution is -0.134. The van der Waals surface area contributed by atoms with Gasteiger partial charge in [0.15, 0.2) is 11.5 Å². The van der Waals surface area contributed by atoms with Gasteiger partial charge in [-0.25, -0.2) is 0 Å². The lowest BCUT2D eigenvalue weighted by atomic mass is 10.1. The van der Waals surface area contributed by atoms with Crippen molar-refractivity contribution in [2.24, 2.45) is 0 Å². The van der Waals surface area contributed by atoms with Gasteiger partial charge in [0.25, 0.3) is 5.91 Å². The molecule has 0 N–H and O–H groups in total. The van der Waals surface area contributed by atoms with Gasteiger partial charge in [-0.15, -0.1) is 0 Å². The Morgan fingerprint density at radius 2 is 1.86 bits per heavy atom. The third-order valence-corrected chi connectivity index (χ3v) is 3.09. The van der Waals surface area contributed by atoms with Gasteiger partial charge in [-0.05, 0) is 19.1 Å². The van der Waals surface area contributed by atoms with E-state index in [9.17, 15) is 14.4 Å². The van der Waals surface area contributed by atoms with Gasteiger partial charge < -0.3 is 19.1 Å². The van der Waals surface area contributed by atoms with E-state index in [1.165, 1.54) is 30.9 Å². The highest BCUT2D eigenvalue weighted by Crippen LogP contribution is 2.33. The number of benzene rings is 1. The standard InChI is InChI=1S/C15H17NO6/c1-9-7-20-8-16(9)15(19)12-5-4-6-13(21-10(2)17)14(12)22-11(3)18/h4-6,9H,7-8H2,1-3H3/t9-/m0/s1. The summed E-state index contributed by atoms with van der Waals surface area (Å²) in [5.41, 5.74) is 0.145. The fraction of sp³-hybridized carbons (Fsp3) is 0.400. The summed E-state index contributed by atoms with van der Waals surface area (Å²) >= 11 is 0. The Hall–Kier alpha value is -2.41. The Balaban J connectivity index is 2.42. The van der Waals surface area contributed by atoms with Gasteiger partial charge in [-0.1, -0.05) is 6.07 Å². The van der Waals surface area contributed by atoms with E-state index in [0.29, 0.717) is 6.61 Å². The third kappa shape index (κ3) is 3.43. The third-order valence-electron chi connectivity index (χ3n) is 3.09. The summed E-state index contributed by atoms with van der Waals surface area (Å²) in [5.74, 6) is -1.57. The van der Waals surface area contributed by atoms with Crippen molar-refractivity contribution in [2.45, 2.75) is 26.8 Å². The molecule has 0 aliphatic carbocycles. The molecule has 1 fully saturated rings. The van der Waals surface area contributed by atoms with Crippen molar-refractivity contribution in [3.05, 3.63) is 23.8 Å². The van der Waals surface area contributed by atoms with Crippen LogP contribution in [-0.4, -0.2) is 42.1 Å². The molecule has 1 atom stereocenters. The lowest BCUT2D eigenvalue weighted by Crippen LogP contribution is -2.35. The van der Waals surface area contributed by atoms with E-state index >= 15 is 0 Å². The van der Waals surface area contributed by atoms with E-state index in [1.807, 2.05) is 6.92 Å². The second-order valence-electron chi connectivity index (χ2n) is 4.94. The van der Waals surface area contributed by atoms with Crippen LogP contribution < -0.4 is 9.47 Å². The summed E-state index contributed by atoms with van der Waals surface area (Å²) in [6.07, 6.45) is 0. The second-order valence-corrected chi connectivity index (χ2v) is 4.94. The van der Waals surface area contributed by atoms with Crippen molar-refractivity contribution in [3.8, 4) is 11.5 Å². The van der Waals surface area contributed by atoms with Crippen molar-refractivity contribution < 1.29 is 28.6 Å². The molecular weight excluding hydrogens is 290 g/mol. The van der Waals surface area contributed by atoms with Gasteiger partial charge in [0.05, 0.1) is 18.2 Å². The molecule has 1 amide bonds. The van der Waals surface area contributed by atoms with E-state index in [2.05, 4.69) is 0 Å². The molecule has 0 unspecified atom stereocenters. The summed E-state index contributed by atoms with van der Waals surface area (Å²) in [7, 11) is 0. The Morgan fingerprint density at radius 3 is 2.41 bits per heavy atom. The number of para-hydroxylation sites is 1. The number of hydrogen-bond donors (Lipinski definition) is 0. The average Bonchev–Trinajstić information content (AvgIpc) is 2.85. The van der Waals surface area contributed by atoms with Crippen LogP contribution in [0.5, 0.6) is 11.5 Å². The number of amides is 1. The highest BCUT2D eigenvalue weighted by atomic mass is 16.6. The molecule has 1 saturated heterocycles. The van der Waals surface area contributed by atoms with Gasteiger partial charge in [-0.3, -0.25) is 14.4 Å². The summed E-state index contributed by atoms with van der Waals surface area (Å²) < 4.78 is 15.3. The normalized spacial score (nSPS) is 17.2. The number of nitrogens with zero attached hydrogens (tertiary/aromatic N) is 1. The van der Waals surface area contributed by atoms with E-state index in [0.717, 1.165) is 0 Å². The van der Waals surface area contributed by atoms with Crippen LogP contribution in [0.25, 0.3) is 0 Å². The maximum atomic E-state index is 12.6. The number of carbonyl (C=O) groups is 3. The highest BCUT2D eigenvalue weighted by Gasteiger charge is 2.30. The van der Waals surface area contributed by atoms with E-state index in [1.54, 1.807) is 6.07 Å². The molecule has 1 aromatic rings. The monoisotopic (exact) mass is 307 g/mol. The van der Waals surface area contributed by atoms with Gasteiger partial charge in [-0.2, -0.15) is 0 Å². The molecule has 0 bridgehead atoms. The summed E-state index contributed by atoms with van der Waals surface area (Å²) in [4.78, 5) is 36.6. The van der Waals surface area contributed by atoms with Crippen LogP contribution in [0.2, 0.25) is 0 Å². The predicted octanol–water partition coefficient (Wildman–Crippen LogP) is 1.36. The number of ether oxygens (including phenoxy) is 3. The van der Waals surface area contributed by atoms with Crippen LogP contribution in [0, 0.1) is 0 Å². The topological polar surface area (TPSA) is 82.1 Å². The van der Waals surface area contributed by atoms with Crippen molar-refractivity contribution in [3.63, 3.8) is 0 Å². The number of hydrogen-bond acceptors (Lipinski definition) is 6. The second kappa shape index (κ2) is 6.57. The molecule has 7 heteroatoms. The van der Waals surface area contributed by atoms with Crippen LogP contribution >= 0.6 is 0 Å². The van der Waals surface area contributed by atoms with Crippen molar-refractivity contribution in [2.75, 3.05) is 13.3 Å². The number of esters is 2. The summed E-state index contributed by atoms with van der Waals surface area (Å²) in [6, 6.07) is 4.44. The van der Waals surface area contributed by atoms with Gasteiger partial charge in [0.2, 0.25) is 0 Å². The molecule has 0 radical (unpaired) electrons. The molecule has 118 valence electrons. The molecule has 0 saturated carbocycles. The Morgan fingerprint density at radius 1 is 1.18 bits per heavy atom. The lowest BCUT2D eigenvalue weighted by Gasteiger charge is -2.21. The van der Waals surface area contributed by atoms with Gasteiger partial charge in [0, 0.05) is 13.8 Å². The molecule has 1 aromatic carbocycles. The fourth-order valence-corrected chi connectivity index (χ4v) is 2.12. The maximum absolute atomic E-state index is 12.6.